The van der Waals surface area contributed by atoms with Crippen LogP contribution in [0.5, 0.6) is 0 Å². The van der Waals surface area contributed by atoms with Gasteiger partial charge in [-0.2, -0.15) is 0 Å². The second kappa shape index (κ2) is 9.31. The highest BCUT2D eigenvalue weighted by atomic mass is 16.1. The Balaban J connectivity index is 2.44. The molecule has 0 saturated carbocycles. The molecule has 112 valence electrons. The molecule has 0 spiro atoms. The molecule has 0 atom stereocenters. The van der Waals surface area contributed by atoms with Crippen molar-refractivity contribution in [3.63, 3.8) is 0 Å². The molecule has 1 aromatic heterocycles. The minimum Gasteiger partial charge on any atom is -0.385 e. The van der Waals surface area contributed by atoms with E-state index in [0.29, 0.717) is 12.2 Å². The van der Waals surface area contributed by atoms with Crippen molar-refractivity contribution in [2.24, 2.45) is 0 Å². The molecule has 5 nitrogen and oxygen atoms in total. The lowest BCUT2D eigenvalue weighted by Gasteiger charge is -2.19. The number of hydrogen-bond donors (Lipinski definition) is 2. The third-order valence-corrected chi connectivity index (χ3v) is 3.07. The fourth-order valence-electron chi connectivity index (χ4n) is 2.03. The molecule has 2 N–H and O–H groups in total. The summed E-state index contributed by atoms with van der Waals surface area (Å²) in [6.45, 7) is 10.8. The molecule has 1 rings (SSSR count). The molecule has 1 amide bonds. The third kappa shape index (κ3) is 5.57. The molecule has 0 aliphatic heterocycles. The van der Waals surface area contributed by atoms with E-state index in [1.165, 1.54) is 0 Å². The van der Waals surface area contributed by atoms with E-state index < -0.39 is 0 Å². The lowest BCUT2D eigenvalue weighted by atomic mass is 10.3. The van der Waals surface area contributed by atoms with Crippen LogP contribution in [-0.2, 0) is 0 Å². The second-order valence-corrected chi connectivity index (χ2v) is 4.65. The van der Waals surface area contributed by atoms with Crippen LogP contribution >= 0.6 is 0 Å². The molecule has 1 heterocycles. The second-order valence-electron chi connectivity index (χ2n) is 4.65. The topological polar surface area (TPSA) is 57.3 Å². The van der Waals surface area contributed by atoms with Gasteiger partial charge in [0.25, 0.3) is 5.91 Å². The summed E-state index contributed by atoms with van der Waals surface area (Å²) in [6.07, 6.45) is 2.79. The van der Waals surface area contributed by atoms with Gasteiger partial charge in [0.2, 0.25) is 0 Å². The molecule has 0 bridgehead atoms. The maximum absolute atomic E-state index is 12.0. The lowest BCUT2D eigenvalue weighted by molar-refractivity contribution is 0.0943. The SMILES string of the molecule is CCCN(CC)CCNC(=O)c1cc(NCC)ccn1. The Hall–Kier alpha value is -1.62. The molecular formula is C15H26N4O. The monoisotopic (exact) mass is 278 g/mol. The Morgan fingerprint density at radius 1 is 1.30 bits per heavy atom. The van der Waals surface area contributed by atoms with Gasteiger partial charge in [0, 0.05) is 31.5 Å². The van der Waals surface area contributed by atoms with Gasteiger partial charge in [-0.3, -0.25) is 9.78 Å². The summed E-state index contributed by atoms with van der Waals surface area (Å²) in [7, 11) is 0. The van der Waals surface area contributed by atoms with Crippen molar-refractivity contribution in [1.82, 2.24) is 15.2 Å². The Morgan fingerprint density at radius 3 is 2.75 bits per heavy atom. The van der Waals surface area contributed by atoms with E-state index >= 15 is 0 Å². The van der Waals surface area contributed by atoms with E-state index in [1.54, 1.807) is 12.3 Å². The van der Waals surface area contributed by atoms with Crippen molar-refractivity contribution >= 4 is 11.6 Å². The summed E-state index contributed by atoms with van der Waals surface area (Å²) in [6, 6.07) is 3.64. The average molecular weight is 278 g/mol. The van der Waals surface area contributed by atoms with Crippen molar-refractivity contribution in [1.29, 1.82) is 0 Å². The lowest BCUT2D eigenvalue weighted by Crippen LogP contribution is -2.35. The van der Waals surface area contributed by atoms with E-state index in [9.17, 15) is 4.79 Å². The predicted octanol–water partition coefficient (Wildman–Crippen LogP) is 1.98. The summed E-state index contributed by atoms with van der Waals surface area (Å²) in [5, 5.41) is 6.10. The minimum absolute atomic E-state index is 0.114. The molecule has 0 saturated heterocycles. The maximum atomic E-state index is 12.0. The Bertz CT molecular complexity index is 409. The highest BCUT2D eigenvalue weighted by molar-refractivity contribution is 5.93. The summed E-state index contributed by atoms with van der Waals surface area (Å²) in [4.78, 5) is 18.4. The zero-order chi connectivity index (χ0) is 14.8. The number of carbonyl (C=O) groups is 1. The first-order valence-corrected chi connectivity index (χ1v) is 7.41. The number of nitrogens with one attached hydrogen (secondary N) is 2. The summed E-state index contributed by atoms with van der Waals surface area (Å²) in [5.41, 5.74) is 1.39. The van der Waals surface area contributed by atoms with E-state index in [-0.39, 0.29) is 5.91 Å². The summed E-state index contributed by atoms with van der Waals surface area (Å²) < 4.78 is 0. The van der Waals surface area contributed by atoms with Gasteiger partial charge in [-0.15, -0.1) is 0 Å². The van der Waals surface area contributed by atoms with Gasteiger partial charge in [-0.05, 0) is 38.6 Å². The third-order valence-electron chi connectivity index (χ3n) is 3.07. The number of anilines is 1. The zero-order valence-corrected chi connectivity index (χ0v) is 12.8. The van der Waals surface area contributed by atoms with Gasteiger partial charge in [0.1, 0.15) is 5.69 Å². The fraction of sp³-hybridized carbons (Fsp3) is 0.600. The van der Waals surface area contributed by atoms with E-state index in [2.05, 4.69) is 34.4 Å². The van der Waals surface area contributed by atoms with E-state index in [0.717, 1.165) is 38.3 Å². The minimum atomic E-state index is -0.114. The molecule has 0 aliphatic rings. The molecule has 1 aromatic rings. The molecule has 5 heteroatoms. The van der Waals surface area contributed by atoms with Crippen LogP contribution in [0.15, 0.2) is 18.3 Å². The van der Waals surface area contributed by atoms with Crippen LogP contribution in [0.3, 0.4) is 0 Å². The van der Waals surface area contributed by atoms with E-state index in [1.807, 2.05) is 13.0 Å². The van der Waals surface area contributed by atoms with Crippen LogP contribution < -0.4 is 10.6 Å². The first-order valence-electron chi connectivity index (χ1n) is 7.41. The zero-order valence-electron chi connectivity index (χ0n) is 12.8. The summed E-state index contributed by atoms with van der Waals surface area (Å²) >= 11 is 0. The maximum Gasteiger partial charge on any atom is 0.269 e. The van der Waals surface area contributed by atoms with Gasteiger partial charge >= 0.3 is 0 Å². The number of aromatic nitrogens is 1. The van der Waals surface area contributed by atoms with Crippen LogP contribution in [-0.4, -0.2) is 48.5 Å². The number of nitrogens with zero attached hydrogens (tertiary/aromatic N) is 2. The van der Waals surface area contributed by atoms with Gasteiger partial charge in [-0.25, -0.2) is 0 Å². The van der Waals surface area contributed by atoms with E-state index in [4.69, 9.17) is 0 Å². The summed E-state index contributed by atoms with van der Waals surface area (Å²) in [5.74, 6) is -0.114. The smallest absolute Gasteiger partial charge is 0.269 e. The quantitative estimate of drug-likeness (QED) is 0.725. The van der Waals surface area contributed by atoms with Crippen LogP contribution in [0.2, 0.25) is 0 Å². The number of hydrogen-bond acceptors (Lipinski definition) is 4. The highest BCUT2D eigenvalue weighted by Gasteiger charge is 2.08. The Labute approximate surface area is 121 Å². The fourth-order valence-corrected chi connectivity index (χ4v) is 2.03. The Morgan fingerprint density at radius 2 is 2.10 bits per heavy atom. The molecule has 0 radical (unpaired) electrons. The number of rotatable bonds is 9. The van der Waals surface area contributed by atoms with Crippen molar-refractivity contribution in [2.45, 2.75) is 27.2 Å². The highest BCUT2D eigenvalue weighted by Crippen LogP contribution is 2.07. The largest absolute Gasteiger partial charge is 0.385 e. The van der Waals surface area contributed by atoms with Crippen LogP contribution in [0.4, 0.5) is 5.69 Å². The van der Waals surface area contributed by atoms with Gasteiger partial charge < -0.3 is 15.5 Å². The van der Waals surface area contributed by atoms with Gasteiger partial charge in [0.15, 0.2) is 0 Å². The number of likely N-dealkylation sites (N-methyl/N-ethyl adjacent to an activating group) is 1. The van der Waals surface area contributed by atoms with Crippen molar-refractivity contribution in [2.75, 3.05) is 38.0 Å². The molecule has 0 aromatic carbocycles. The molecule has 0 aliphatic carbocycles. The predicted molar refractivity (Wildman–Crippen MR) is 83.1 cm³/mol. The standard InChI is InChI=1S/C15H26N4O/c1-4-10-19(6-3)11-9-18-15(20)14-12-13(16-5-2)7-8-17-14/h7-8,12H,4-6,9-11H2,1-3H3,(H,16,17)(H,18,20). The first kappa shape index (κ1) is 16.4. The molecular weight excluding hydrogens is 252 g/mol. The number of carbonyl (C=O) groups excluding carboxylic acids is 1. The number of pyridine rings is 1. The molecule has 0 unspecified atom stereocenters. The molecule has 0 fully saturated rings. The molecule has 20 heavy (non-hydrogen) atoms. The van der Waals surface area contributed by atoms with Crippen LogP contribution in [0, 0.1) is 0 Å². The van der Waals surface area contributed by atoms with Crippen LogP contribution in [0.25, 0.3) is 0 Å². The van der Waals surface area contributed by atoms with Gasteiger partial charge in [-0.1, -0.05) is 13.8 Å². The first-order chi connectivity index (χ1) is 9.71. The van der Waals surface area contributed by atoms with Gasteiger partial charge in [0.05, 0.1) is 0 Å². The van der Waals surface area contributed by atoms with Crippen molar-refractivity contribution in [3.8, 4) is 0 Å². The Kier molecular flexibility index (Phi) is 7.65. The average Bonchev–Trinajstić information content (AvgIpc) is 2.47. The van der Waals surface area contributed by atoms with Crippen molar-refractivity contribution < 1.29 is 4.79 Å². The normalized spacial score (nSPS) is 10.6. The van der Waals surface area contributed by atoms with Crippen molar-refractivity contribution in [3.05, 3.63) is 24.0 Å². The van der Waals surface area contributed by atoms with Crippen LogP contribution in [0.1, 0.15) is 37.7 Å². The number of amides is 1.